The second kappa shape index (κ2) is 4.88. The number of fused-ring (bicyclic) bond motifs is 1. The first-order valence-electron chi connectivity index (χ1n) is 6.01. The van der Waals surface area contributed by atoms with Crippen LogP contribution in [0.25, 0.3) is 0 Å². The van der Waals surface area contributed by atoms with Gasteiger partial charge in [0.25, 0.3) is 5.91 Å². The topological polar surface area (TPSA) is 42.4 Å². The van der Waals surface area contributed by atoms with Crippen LogP contribution in [0.2, 0.25) is 0 Å². The summed E-state index contributed by atoms with van der Waals surface area (Å²) >= 11 is 0. The van der Waals surface area contributed by atoms with Gasteiger partial charge in [0.2, 0.25) is 5.95 Å². The van der Waals surface area contributed by atoms with Gasteiger partial charge in [-0.2, -0.15) is 4.39 Å². The smallest absolute Gasteiger partial charge is 0.258 e. The van der Waals surface area contributed by atoms with Crippen molar-refractivity contribution in [2.24, 2.45) is 0 Å². The maximum atomic E-state index is 13.2. The quantitative estimate of drug-likeness (QED) is 0.751. The van der Waals surface area contributed by atoms with Crippen molar-refractivity contribution >= 4 is 11.6 Å². The van der Waals surface area contributed by atoms with E-state index in [1.165, 1.54) is 35.4 Å². The van der Waals surface area contributed by atoms with Crippen LogP contribution in [0.15, 0.2) is 36.5 Å². The summed E-state index contributed by atoms with van der Waals surface area (Å²) in [5, 5.41) is 0. The van der Waals surface area contributed by atoms with Gasteiger partial charge in [-0.15, -0.1) is 0 Å². The monoisotopic (exact) mass is 276 g/mol. The zero-order valence-corrected chi connectivity index (χ0v) is 10.3. The summed E-state index contributed by atoms with van der Waals surface area (Å²) in [6.07, 6.45) is 1.23. The highest BCUT2D eigenvalue weighted by Gasteiger charge is 2.25. The Kier molecular flexibility index (Phi) is 3.06. The Morgan fingerprint density at radius 2 is 2.10 bits per heavy atom. The summed E-state index contributed by atoms with van der Waals surface area (Å²) in [7, 11) is 0. The van der Waals surface area contributed by atoms with Crippen molar-refractivity contribution in [2.45, 2.75) is 0 Å². The summed E-state index contributed by atoms with van der Waals surface area (Å²) in [6, 6.07) is 6.45. The number of rotatable bonds is 1. The number of halogens is 2. The van der Waals surface area contributed by atoms with Crippen LogP contribution in [0, 0.1) is 11.8 Å². The molecule has 2 aromatic rings. The molecule has 0 aliphatic carbocycles. The number of ether oxygens (including phenoxy) is 1. The van der Waals surface area contributed by atoms with Crippen LogP contribution in [0.1, 0.15) is 10.4 Å². The van der Waals surface area contributed by atoms with Crippen LogP contribution in [-0.4, -0.2) is 24.0 Å². The lowest BCUT2D eigenvalue weighted by molar-refractivity contribution is 0.0976. The van der Waals surface area contributed by atoms with Gasteiger partial charge in [0.1, 0.15) is 18.2 Å². The summed E-state index contributed by atoms with van der Waals surface area (Å²) < 4.78 is 31.6. The van der Waals surface area contributed by atoms with Crippen LogP contribution in [0.5, 0.6) is 5.75 Å². The number of carbonyl (C=O) groups is 1. The van der Waals surface area contributed by atoms with Gasteiger partial charge < -0.3 is 9.64 Å². The van der Waals surface area contributed by atoms with Crippen LogP contribution >= 0.6 is 0 Å². The molecule has 1 amide bonds. The minimum absolute atomic E-state index is 0.190. The Hall–Kier alpha value is -2.50. The lowest BCUT2D eigenvalue weighted by Crippen LogP contribution is -2.38. The van der Waals surface area contributed by atoms with Gasteiger partial charge in [-0.3, -0.25) is 4.79 Å². The van der Waals surface area contributed by atoms with E-state index < -0.39 is 11.8 Å². The minimum Gasteiger partial charge on any atom is -0.489 e. The molecule has 0 atom stereocenters. The first-order chi connectivity index (χ1) is 9.65. The van der Waals surface area contributed by atoms with Crippen molar-refractivity contribution in [3.63, 3.8) is 0 Å². The van der Waals surface area contributed by atoms with Gasteiger partial charge in [0, 0.05) is 23.9 Å². The Morgan fingerprint density at radius 3 is 2.90 bits per heavy atom. The number of hydrogen-bond donors (Lipinski definition) is 0. The number of nitrogens with zero attached hydrogens (tertiary/aromatic N) is 2. The van der Waals surface area contributed by atoms with Gasteiger partial charge >= 0.3 is 0 Å². The molecule has 0 bridgehead atoms. The molecule has 2 heterocycles. The molecule has 0 radical (unpaired) electrons. The maximum Gasteiger partial charge on any atom is 0.258 e. The van der Waals surface area contributed by atoms with E-state index in [1.54, 1.807) is 0 Å². The normalized spacial score (nSPS) is 13.6. The average Bonchev–Trinajstić information content (AvgIpc) is 2.45. The molecule has 4 nitrogen and oxygen atoms in total. The van der Waals surface area contributed by atoms with Crippen LogP contribution < -0.4 is 9.64 Å². The molecule has 0 saturated heterocycles. The Bertz CT molecular complexity index is 676. The van der Waals surface area contributed by atoms with E-state index in [1.807, 2.05) is 0 Å². The number of benzene rings is 1. The zero-order chi connectivity index (χ0) is 14.1. The number of amides is 1. The highest BCUT2D eigenvalue weighted by Crippen LogP contribution is 2.32. The molecule has 1 aromatic heterocycles. The summed E-state index contributed by atoms with van der Waals surface area (Å²) in [4.78, 5) is 17.2. The Labute approximate surface area is 113 Å². The van der Waals surface area contributed by atoms with Crippen molar-refractivity contribution in [3.8, 4) is 5.75 Å². The third kappa shape index (κ3) is 2.20. The van der Waals surface area contributed by atoms with Gasteiger partial charge in [-0.25, -0.2) is 9.37 Å². The van der Waals surface area contributed by atoms with Crippen molar-refractivity contribution in [1.82, 2.24) is 4.98 Å². The first kappa shape index (κ1) is 12.5. The van der Waals surface area contributed by atoms with Gasteiger partial charge in [0.15, 0.2) is 0 Å². The number of hydrogen-bond acceptors (Lipinski definition) is 3. The number of carbonyl (C=O) groups excluding carboxylic acids is 1. The van der Waals surface area contributed by atoms with E-state index in [0.29, 0.717) is 18.0 Å². The molecule has 0 fully saturated rings. The van der Waals surface area contributed by atoms with Crippen molar-refractivity contribution in [2.75, 3.05) is 18.1 Å². The standard InChI is InChI=1S/C14H10F2N2O2/c15-10-1-2-11-12(8-10)20-6-5-18(11)14(19)9-3-4-17-13(16)7-9/h1-4,7-8H,5-6H2. The zero-order valence-electron chi connectivity index (χ0n) is 10.3. The largest absolute Gasteiger partial charge is 0.489 e. The molecule has 1 aliphatic rings. The van der Waals surface area contributed by atoms with Gasteiger partial charge in [-0.05, 0) is 18.2 Å². The minimum atomic E-state index is -0.719. The third-order valence-corrected chi connectivity index (χ3v) is 3.00. The molecule has 1 aliphatic heterocycles. The molecule has 1 aromatic carbocycles. The lowest BCUT2D eigenvalue weighted by atomic mass is 10.2. The molecular formula is C14H10F2N2O2. The van der Waals surface area contributed by atoms with Gasteiger partial charge in [0.05, 0.1) is 12.2 Å². The van der Waals surface area contributed by atoms with Crippen molar-refractivity contribution < 1.29 is 18.3 Å². The molecule has 102 valence electrons. The fraction of sp³-hybridized carbons (Fsp3) is 0.143. The molecule has 3 rings (SSSR count). The third-order valence-electron chi connectivity index (χ3n) is 3.00. The Balaban J connectivity index is 1.98. The molecule has 0 N–H and O–H groups in total. The predicted molar refractivity (Wildman–Crippen MR) is 67.8 cm³/mol. The fourth-order valence-corrected chi connectivity index (χ4v) is 2.10. The summed E-state index contributed by atoms with van der Waals surface area (Å²) in [6.45, 7) is 0.581. The second-order valence-electron chi connectivity index (χ2n) is 4.28. The number of anilines is 1. The molecular weight excluding hydrogens is 266 g/mol. The molecule has 20 heavy (non-hydrogen) atoms. The van der Waals surface area contributed by atoms with E-state index >= 15 is 0 Å². The van der Waals surface area contributed by atoms with E-state index in [-0.39, 0.29) is 18.1 Å². The van der Waals surface area contributed by atoms with Crippen LogP contribution in [-0.2, 0) is 0 Å². The highest BCUT2D eigenvalue weighted by atomic mass is 19.1. The Morgan fingerprint density at radius 1 is 1.25 bits per heavy atom. The highest BCUT2D eigenvalue weighted by molar-refractivity contribution is 6.07. The molecule has 0 spiro atoms. The number of pyridine rings is 1. The van der Waals surface area contributed by atoms with Gasteiger partial charge in [-0.1, -0.05) is 0 Å². The average molecular weight is 276 g/mol. The number of aromatic nitrogens is 1. The molecule has 0 saturated carbocycles. The first-order valence-corrected chi connectivity index (χ1v) is 6.01. The predicted octanol–water partition coefficient (Wildman–Crippen LogP) is 2.40. The SMILES string of the molecule is O=C(c1ccnc(F)c1)N1CCOc2cc(F)ccc21. The second-order valence-corrected chi connectivity index (χ2v) is 4.28. The lowest BCUT2D eigenvalue weighted by Gasteiger charge is -2.29. The molecule has 0 unspecified atom stereocenters. The van der Waals surface area contributed by atoms with E-state index in [2.05, 4.69) is 4.98 Å². The van der Waals surface area contributed by atoms with E-state index in [9.17, 15) is 13.6 Å². The van der Waals surface area contributed by atoms with Crippen LogP contribution in [0.3, 0.4) is 0 Å². The fourth-order valence-electron chi connectivity index (χ4n) is 2.10. The summed E-state index contributed by atoms with van der Waals surface area (Å²) in [5.74, 6) is -1.22. The van der Waals surface area contributed by atoms with Crippen LogP contribution in [0.4, 0.5) is 14.5 Å². The summed E-state index contributed by atoms with van der Waals surface area (Å²) in [5.41, 5.74) is 0.662. The molecule has 6 heteroatoms. The van der Waals surface area contributed by atoms with Crippen molar-refractivity contribution in [3.05, 3.63) is 53.9 Å². The van der Waals surface area contributed by atoms with Crippen molar-refractivity contribution in [1.29, 1.82) is 0 Å². The van der Waals surface area contributed by atoms with E-state index in [4.69, 9.17) is 4.74 Å². The maximum absolute atomic E-state index is 13.2. The van der Waals surface area contributed by atoms with E-state index in [0.717, 1.165) is 6.07 Å².